The highest BCUT2D eigenvalue weighted by molar-refractivity contribution is 5.93. The van der Waals surface area contributed by atoms with Gasteiger partial charge in [0.05, 0.1) is 0 Å². The van der Waals surface area contributed by atoms with Crippen molar-refractivity contribution in [3.63, 3.8) is 0 Å². The Hall–Kier alpha value is -2.92. The summed E-state index contributed by atoms with van der Waals surface area (Å²) in [7, 11) is 0. The number of carbonyl (C=O) groups excluding carboxylic acids is 1. The molecule has 1 saturated heterocycles. The molecule has 0 unspecified atom stereocenters. The smallest absolute Gasteiger partial charge is 0.273 e. The maximum absolute atomic E-state index is 12.3. The summed E-state index contributed by atoms with van der Waals surface area (Å²) < 4.78 is 5.29. The second-order valence-corrected chi connectivity index (χ2v) is 6.90. The lowest BCUT2D eigenvalue weighted by molar-refractivity contribution is 0.0940. The minimum Gasteiger partial charge on any atom is -0.355 e. The van der Waals surface area contributed by atoms with Gasteiger partial charge < -0.3 is 14.7 Å². The third-order valence-corrected chi connectivity index (χ3v) is 5.06. The molecule has 0 aliphatic carbocycles. The monoisotopic (exact) mass is 361 g/mol. The number of hydrogen-bond donors (Lipinski definition) is 1. The van der Waals surface area contributed by atoms with Crippen molar-refractivity contribution in [3.05, 3.63) is 78.0 Å². The lowest BCUT2D eigenvalue weighted by Gasteiger charge is -2.16. The zero-order chi connectivity index (χ0) is 18.5. The quantitative estimate of drug-likeness (QED) is 0.729. The van der Waals surface area contributed by atoms with Crippen molar-refractivity contribution in [3.8, 4) is 11.3 Å². The topological polar surface area (TPSA) is 58.4 Å². The molecule has 1 fully saturated rings. The van der Waals surface area contributed by atoms with Crippen LogP contribution in [-0.4, -0.2) is 42.1 Å². The first-order valence-corrected chi connectivity index (χ1v) is 9.37. The van der Waals surface area contributed by atoms with E-state index in [-0.39, 0.29) is 5.91 Å². The van der Waals surface area contributed by atoms with Crippen LogP contribution < -0.4 is 5.32 Å². The summed E-state index contributed by atoms with van der Waals surface area (Å²) in [4.78, 5) is 14.7. The molecule has 0 saturated carbocycles. The van der Waals surface area contributed by atoms with Crippen LogP contribution in [0, 0.1) is 0 Å². The van der Waals surface area contributed by atoms with E-state index in [0.717, 1.165) is 25.2 Å². The standard InChI is InChI=1S/C22H23N3O2/c26-22(20-15-21(27-24-20)18-9-5-2-6-10-18)23-12-14-25-13-11-19(16-25)17-7-3-1-4-8-17/h1-10,15,19H,11-14,16H2,(H,23,26)/t19-/m1/s1. The third kappa shape index (κ3) is 4.26. The maximum Gasteiger partial charge on any atom is 0.273 e. The van der Waals surface area contributed by atoms with Gasteiger partial charge in [0.1, 0.15) is 0 Å². The number of benzene rings is 2. The van der Waals surface area contributed by atoms with Crippen molar-refractivity contribution in [2.24, 2.45) is 0 Å². The van der Waals surface area contributed by atoms with Gasteiger partial charge in [0.2, 0.25) is 0 Å². The van der Waals surface area contributed by atoms with E-state index in [9.17, 15) is 4.79 Å². The fraction of sp³-hybridized carbons (Fsp3) is 0.273. The van der Waals surface area contributed by atoms with E-state index in [1.165, 1.54) is 12.0 Å². The van der Waals surface area contributed by atoms with Crippen LogP contribution in [0.4, 0.5) is 0 Å². The number of hydrogen-bond acceptors (Lipinski definition) is 4. The Bertz CT molecular complexity index is 877. The predicted octanol–water partition coefficient (Wildman–Crippen LogP) is 3.56. The number of likely N-dealkylation sites (tertiary alicyclic amines) is 1. The van der Waals surface area contributed by atoms with Crippen LogP contribution in [0.25, 0.3) is 11.3 Å². The van der Waals surface area contributed by atoms with E-state index in [2.05, 4.69) is 45.7 Å². The van der Waals surface area contributed by atoms with E-state index < -0.39 is 0 Å². The van der Waals surface area contributed by atoms with Gasteiger partial charge in [-0.2, -0.15) is 0 Å². The molecule has 1 aliphatic heterocycles. The van der Waals surface area contributed by atoms with Crippen LogP contribution >= 0.6 is 0 Å². The lowest BCUT2D eigenvalue weighted by atomic mass is 9.99. The first kappa shape index (κ1) is 17.5. The Morgan fingerprint density at radius 3 is 2.63 bits per heavy atom. The zero-order valence-electron chi connectivity index (χ0n) is 15.2. The van der Waals surface area contributed by atoms with Crippen molar-refractivity contribution in [2.75, 3.05) is 26.2 Å². The second kappa shape index (κ2) is 8.18. The molecule has 3 aromatic rings. The molecule has 138 valence electrons. The van der Waals surface area contributed by atoms with E-state index in [4.69, 9.17) is 4.52 Å². The van der Waals surface area contributed by atoms with Gasteiger partial charge in [-0.05, 0) is 24.4 Å². The van der Waals surface area contributed by atoms with E-state index in [1.54, 1.807) is 6.07 Å². The molecule has 1 N–H and O–H groups in total. The minimum atomic E-state index is -0.195. The summed E-state index contributed by atoms with van der Waals surface area (Å²) in [5.41, 5.74) is 2.63. The molecule has 2 aromatic carbocycles. The molecule has 1 atom stereocenters. The first-order valence-electron chi connectivity index (χ1n) is 9.37. The van der Waals surface area contributed by atoms with Gasteiger partial charge in [-0.1, -0.05) is 65.8 Å². The molecule has 0 spiro atoms. The van der Waals surface area contributed by atoms with Crippen LogP contribution in [0.2, 0.25) is 0 Å². The SMILES string of the molecule is O=C(NCCN1CC[C@@H](c2ccccc2)C1)c1cc(-c2ccccc2)on1. The average molecular weight is 361 g/mol. The number of rotatable bonds is 6. The molecule has 1 aromatic heterocycles. The number of amides is 1. The molecule has 0 radical (unpaired) electrons. The number of aromatic nitrogens is 1. The minimum absolute atomic E-state index is 0.195. The largest absolute Gasteiger partial charge is 0.355 e. The molecule has 5 nitrogen and oxygen atoms in total. The Morgan fingerprint density at radius 2 is 1.85 bits per heavy atom. The Morgan fingerprint density at radius 1 is 1.11 bits per heavy atom. The predicted molar refractivity (Wildman–Crippen MR) is 105 cm³/mol. The van der Waals surface area contributed by atoms with Crippen LogP contribution in [0.1, 0.15) is 28.4 Å². The summed E-state index contributed by atoms with van der Waals surface area (Å²) in [5.74, 6) is 0.997. The highest BCUT2D eigenvalue weighted by atomic mass is 16.5. The van der Waals surface area contributed by atoms with Crippen molar-refractivity contribution in [1.82, 2.24) is 15.4 Å². The number of nitrogens with one attached hydrogen (secondary N) is 1. The van der Waals surface area contributed by atoms with Gasteiger partial charge in [0.15, 0.2) is 11.5 Å². The number of nitrogens with zero attached hydrogens (tertiary/aromatic N) is 2. The average Bonchev–Trinajstić information content (AvgIpc) is 3.39. The molecular weight excluding hydrogens is 338 g/mol. The van der Waals surface area contributed by atoms with Gasteiger partial charge in [-0.25, -0.2) is 0 Å². The Balaban J connectivity index is 1.25. The molecule has 0 bridgehead atoms. The van der Waals surface area contributed by atoms with Crippen molar-refractivity contribution < 1.29 is 9.32 Å². The fourth-order valence-electron chi connectivity index (χ4n) is 3.57. The second-order valence-electron chi connectivity index (χ2n) is 6.90. The van der Waals surface area contributed by atoms with E-state index >= 15 is 0 Å². The number of carbonyl (C=O) groups is 1. The van der Waals surface area contributed by atoms with Gasteiger partial charge in [0.25, 0.3) is 5.91 Å². The van der Waals surface area contributed by atoms with E-state index in [1.807, 2.05) is 30.3 Å². The first-order chi connectivity index (χ1) is 13.3. The van der Waals surface area contributed by atoms with E-state index in [0.29, 0.717) is 23.9 Å². The zero-order valence-corrected chi connectivity index (χ0v) is 15.2. The maximum atomic E-state index is 12.3. The fourth-order valence-corrected chi connectivity index (χ4v) is 3.57. The van der Waals surface area contributed by atoms with Gasteiger partial charge in [0, 0.05) is 31.3 Å². The normalized spacial score (nSPS) is 17.1. The van der Waals surface area contributed by atoms with Crippen LogP contribution in [0.5, 0.6) is 0 Å². The molecule has 2 heterocycles. The van der Waals surface area contributed by atoms with Crippen molar-refractivity contribution >= 4 is 5.91 Å². The molecule has 27 heavy (non-hydrogen) atoms. The summed E-state index contributed by atoms with van der Waals surface area (Å²) in [6.07, 6.45) is 1.17. The summed E-state index contributed by atoms with van der Waals surface area (Å²) in [6, 6.07) is 22.0. The molecular formula is C22H23N3O2. The Labute approximate surface area is 159 Å². The van der Waals surface area contributed by atoms with Crippen molar-refractivity contribution in [1.29, 1.82) is 0 Å². The lowest BCUT2D eigenvalue weighted by Crippen LogP contribution is -2.33. The van der Waals surface area contributed by atoms with Gasteiger partial charge in [-0.15, -0.1) is 0 Å². The van der Waals surface area contributed by atoms with Crippen LogP contribution in [-0.2, 0) is 0 Å². The van der Waals surface area contributed by atoms with Crippen LogP contribution in [0.3, 0.4) is 0 Å². The summed E-state index contributed by atoms with van der Waals surface area (Å²) in [6.45, 7) is 3.56. The van der Waals surface area contributed by atoms with Gasteiger partial charge in [-0.3, -0.25) is 4.79 Å². The third-order valence-electron chi connectivity index (χ3n) is 5.06. The highest BCUT2D eigenvalue weighted by Crippen LogP contribution is 2.26. The molecule has 1 amide bonds. The summed E-state index contributed by atoms with van der Waals surface area (Å²) in [5, 5.41) is 6.84. The molecule has 1 aliphatic rings. The Kier molecular flexibility index (Phi) is 5.30. The van der Waals surface area contributed by atoms with Crippen LogP contribution in [0.15, 0.2) is 71.3 Å². The van der Waals surface area contributed by atoms with Gasteiger partial charge >= 0.3 is 0 Å². The summed E-state index contributed by atoms with van der Waals surface area (Å²) >= 11 is 0. The highest BCUT2D eigenvalue weighted by Gasteiger charge is 2.23. The molecule has 4 rings (SSSR count). The van der Waals surface area contributed by atoms with Crippen molar-refractivity contribution in [2.45, 2.75) is 12.3 Å². The molecule has 5 heteroatoms.